The summed E-state index contributed by atoms with van der Waals surface area (Å²) in [5.74, 6) is 0.166. The minimum Gasteiger partial charge on any atom is -0.507 e. The minimum atomic E-state index is -0.974. The Morgan fingerprint density at radius 2 is 1.80 bits per heavy atom. The average molecular weight is 615 g/mol. The first-order valence-electron chi connectivity index (χ1n) is 14.9. The van der Waals surface area contributed by atoms with Gasteiger partial charge in [0, 0.05) is 5.56 Å². The standard InChI is InChI=1S/C34H34N2O7S/c1-4-6-7-14-41-24-12-9-21(18-26(24)40-5-2)30-29(31(37)22-10-13-25-27(19-22)43-16-15-42-25)32(38)33(39)36(30)34-35-23-11-8-20(3)17-28(23)44-34/h8-13,17-19,30,37H,4-7,14-16H2,1-3H3/b31-29+/t30-/m0/s1. The molecule has 2 aliphatic rings. The van der Waals surface area contributed by atoms with Crippen LogP contribution in [0.15, 0.2) is 60.2 Å². The Bertz CT molecular complexity index is 1760. The van der Waals surface area contributed by atoms with E-state index >= 15 is 0 Å². The van der Waals surface area contributed by atoms with Crippen molar-refractivity contribution >= 4 is 44.1 Å². The van der Waals surface area contributed by atoms with E-state index in [2.05, 4.69) is 6.92 Å². The number of Topliss-reactive ketones (excluding diaryl/α,β-unsaturated/α-hetero) is 1. The fourth-order valence-corrected chi connectivity index (χ4v) is 6.52. The highest BCUT2D eigenvalue weighted by atomic mass is 32.1. The Morgan fingerprint density at radius 1 is 0.977 bits per heavy atom. The normalized spacial score (nSPS) is 17.3. The predicted molar refractivity (Wildman–Crippen MR) is 169 cm³/mol. The number of aryl methyl sites for hydroxylation is 1. The van der Waals surface area contributed by atoms with Gasteiger partial charge < -0.3 is 24.1 Å². The zero-order valence-electron chi connectivity index (χ0n) is 24.9. The number of anilines is 1. The van der Waals surface area contributed by atoms with Crippen molar-refractivity contribution in [1.29, 1.82) is 0 Å². The van der Waals surface area contributed by atoms with Crippen LogP contribution in [0.3, 0.4) is 0 Å². The van der Waals surface area contributed by atoms with Gasteiger partial charge in [0.1, 0.15) is 19.0 Å². The van der Waals surface area contributed by atoms with Gasteiger partial charge in [0.25, 0.3) is 5.78 Å². The van der Waals surface area contributed by atoms with Gasteiger partial charge in [0.2, 0.25) is 0 Å². The Kier molecular flexibility index (Phi) is 8.43. The van der Waals surface area contributed by atoms with Gasteiger partial charge >= 0.3 is 5.91 Å². The molecule has 0 saturated carbocycles. The number of aliphatic hydroxyl groups is 1. The second kappa shape index (κ2) is 12.6. The molecule has 1 atom stereocenters. The van der Waals surface area contributed by atoms with E-state index in [9.17, 15) is 14.7 Å². The summed E-state index contributed by atoms with van der Waals surface area (Å²) in [4.78, 5) is 33.7. The summed E-state index contributed by atoms with van der Waals surface area (Å²) in [5.41, 5.74) is 2.62. The van der Waals surface area contributed by atoms with E-state index in [1.54, 1.807) is 36.4 Å². The molecule has 1 aromatic heterocycles. The Morgan fingerprint density at radius 3 is 2.59 bits per heavy atom. The number of aromatic nitrogens is 1. The molecule has 1 fully saturated rings. The maximum atomic E-state index is 13.8. The Labute approximate surface area is 259 Å². The third-order valence-corrected chi connectivity index (χ3v) is 8.61. The maximum Gasteiger partial charge on any atom is 0.301 e. The molecular weight excluding hydrogens is 580 g/mol. The lowest BCUT2D eigenvalue weighted by Crippen LogP contribution is -2.29. The number of hydrogen-bond donors (Lipinski definition) is 1. The van der Waals surface area contributed by atoms with Crippen molar-refractivity contribution in [2.45, 2.75) is 46.1 Å². The second-order valence-electron chi connectivity index (χ2n) is 10.7. The summed E-state index contributed by atoms with van der Waals surface area (Å²) in [6, 6.07) is 15.2. The number of fused-ring (bicyclic) bond motifs is 2. The molecule has 0 spiro atoms. The number of carbonyl (C=O) groups is 2. The topological polar surface area (TPSA) is 107 Å². The van der Waals surface area contributed by atoms with E-state index in [0.717, 1.165) is 29.5 Å². The number of ketones is 1. The summed E-state index contributed by atoms with van der Waals surface area (Å²) in [7, 11) is 0. The predicted octanol–water partition coefficient (Wildman–Crippen LogP) is 6.97. The molecule has 1 amide bonds. The highest BCUT2D eigenvalue weighted by Crippen LogP contribution is 2.46. The van der Waals surface area contributed by atoms with E-state index in [4.69, 9.17) is 23.9 Å². The first-order valence-corrected chi connectivity index (χ1v) is 15.7. The van der Waals surface area contributed by atoms with Crippen LogP contribution in [0, 0.1) is 6.92 Å². The van der Waals surface area contributed by atoms with Crippen LogP contribution in [0.2, 0.25) is 0 Å². The van der Waals surface area contributed by atoms with Gasteiger partial charge in [0.05, 0.1) is 35.0 Å². The fraction of sp³-hybridized carbons (Fsp3) is 0.324. The van der Waals surface area contributed by atoms with Crippen molar-refractivity contribution < 1.29 is 33.6 Å². The molecule has 0 bridgehead atoms. The molecule has 9 nitrogen and oxygen atoms in total. The SMILES string of the molecule is CCCCCOc1ccc([C@H]2/C(=C(\O)c3ccc4c(c3)OCCO4)C(=O)C(=O)N2c2nc3ccc(C)cc3s2)cc1OCC. The van der Waals surface area contributed by atoms with E-state index in [1.165, 1.54) is 16.2 Å². The molecular formula is C34H34N2O7S. The van der Waals surface area contributed by atoms with Crippen molar-refractivity contribution in [3.8, 4) is 23.0 Å². The maximum absolute atomic E-state index is 13.8. The molecule has 2 aliphatic heterocycles. The number of hydrogen-bond acceptors (Lipinski definition) is 9. The largest absolute Gasteiger partial charge is 0.507 e. The van der Waals surface area contributed by atoms with Gasteiger partial charge in [-0.25, -0.2) is 4.98 Å². The Balaban J connectivity index is 1.49. The zero-order chi connectivity index (χ0) is 30.8. The van der Waals surface area contributed by atoms with Gasteiger partial charge in [-0.05, 0) is 73.9 Å². The van der Waals surface area contributed by atoms with Gasteiger partial charge in [-0.3, -0.25) is 14.5 Å². The minimum absolute atomic E-state index is 0.0545. The number of rotatable bonds is 10. The third kappa shape index (κ3) is 5.57. The van der Waals surface area contributed by atoms with Gasteiger partial charge in [0.15, 0.2) is 28.1 Å². The second-order valence-corrected chi connectivity index (χ2v) is 11.7. The van der Waals surface area contributed by atoms with Crippen molar-refractivity contribution in [3.63, 3.8) is 0 Å². The van der Waals surface area contributed by atoms with Crippen LogP contribution in [0.1, 0.15) is 55.8 Å². The highest BCUT2D eigenvalue weighted by molar-refractivity contribution is 7.22. The number of thiazole rings is 1. The first-order chi connectivity index (χ1) is 21.4. The number of benzene rings is 3. The van der Waals surface area contributed by atoms with Crippen molar-refractivity contribution in [3.05, 3.63) is 76.9 Å². The van der Waals surface area contributed by atoms with Crippen LogP contribution in [0.25, 0.3) is 16.0 Å². The number of aliphatic hydroxyl groups excluding tert-OH is 1. The van der Waals surface area contributed by atoms with Crippen LogP contribution in [0.5, 0.6) is 23.0 Å². The number of unbranched alkanes of at least 4 members (excludes halogenated alkanes) is 2. The number of nitrogens with zero attached hydrogens (tertiary/aromatic N) is 2. The monoisotopic (exact) mass is 614 g/mol. The van der Waals surface area contributed by atoms with Gasteiger partial charge in [-0.1, -0.05) is 43.2 Å². The lowest BCUT2D eigenvalue weighted by Gasteiger charge is -2.24. The molecule has 0 aliphatic carbocycles. The quantitative estimate of drug-likeness (QED) is 0.0883. The molecule has 44 heavy (non-hydrogen) atoms. The summed E-state index contributed by atoms with van der Waals surface area (Å²) in [6.07, 6.45) is 3.04. The summed E-state index contributed by atoms with van der Waals surface area (Å²) >= 11 is 1.32. The number of amides is 1. The summed E-state index contributed by atoms with van der Waals surface area (Å²) in [6.45, 7) is 7.72. The van der Waals surface area contributed by atoms with Crippen LogP contribution in [-0.2, 0) is 9.59 Å². The highest BCUT2D eigenvalue weighted by Gasteiger charge is 2.48. The molecule has 3 aromatic carbocycles. The third-order valence-electron chi connectivity index (χ3n) is 7.59. The zero-order valence-corrected chi connectivity index (χ0v) is 25.7. The van der Waals surface area contributed by atoms with E-state index in [0.29, 0.717) is 71.2 Å². The molecule has 3 heterocycles. The lowest BCUT2D eigenvalue weighted by atomic mass is 9.95. The number of ether oxygens (including phenoxy) is 4. The van der Waals surface area contributed by atoms with Crippen LogP contribution < -0.4 is 23.8 Å². The summed E-state index contributed by atoms with van der Waals surface area (Å²) in [5, 5.41) is 12.0. The van der Waals surface area contributed by atoms with E-state index in [1.807, 2.05) is 32.0 Å². The van der Waals surface area contributed by atoms with Crippen LogP contribution in [0.4, 0.5) is 5.13 Å². The fourth-order valence-electron chi connectivity index (χ4n) is 5.43. The molecule has 10 heteroatoms. The molecule has 1 saturated heterocycles. The first kappa shape index (κ1) is 29.5. The van der Waals surface area contributed by atoms with Crippen molar-refractivity contribution in [1.82, 2.24) is 4.98 Å². The average Bonchev–Trinajstić information content (AvgIpc) is 3.56. The lowest BCUT2D eigenvalue weighted by molar-refractivity contribution is -0.132. The molecule has 1 N–H and O–H groups in total. The molecule has 0 unspecified atom stereocenters. The van der Waals surface area contributed by atoms with Crippen LogP contribution in [-0.4, -0.2) is 48.2 Å². The van der Waals surface area contributed by atoms with E-state index < -0.39 is 17.7 Å². The number of carbonyl (C=O) groups excluding carboxylic acids is 2. The van der Waals surface area contributed by atoms with Gasteiger partial charge in [-0.15, -0.1) is 0 Å². The van der Waals surface area contributed by atoms with Crippen LogP contribution >= 0.6 is 11.3 Å². The summed E-state index contributed by atoms with van der Waals surface area (Å²) < 4.78 is 24.2. The Hall–Kier alpha value is -4.57. The van der Waals surface area contributed by atoms with Crippen molar-refractivity contribution in [2.24, 2.45) is 0 Å². The van der Waals surface area contributed by atoms with Crippen molar-refractivity contribution in [2.75, 3.05) is 31.3 Å². The smallest absolute Gasteiger partial charge is 0.301 e. The van der Waals surface area contributed by atoms with E-state index in [-0.39, 0.29) is 11.3 Å². The molecule has 6 rings (SSSR count). The molecule has 4 aromatic rings. The van der Waals surface area contributed by atoms with Gasteiger partial charge in [-0.2, -0.15) is 0 Å². The molecule has 228 valence electrons. The molecule has 0 radical (unpaired) electrons.